The number of likely N-dealkylation sites (tertiary alicyclic amines) is 1. The molecule has 1 unspecified atom stereocenters. The second kappa shape index (κ2) is 3.96. The van der Waals surface area contributed by atoms with E-state index in [1.807, 2.05) is 0 Å². The van der Waals surface area contributed by atoms with Crippen LogP contribution in [0.15, 0.2) is 0 Å². The van der Waals surface area contributed by atoms with Crippen molar-refractivity contribution in [3.8, 4) is 6.19 Å². The van der Waals surface area contributed by atoms with Crippen molar-refractivity contribution < 1.29 is 4.79 Å². The molecule has 1 N–H and O–H groups in total. The average Bonchev–Trinajstić information content (AvgIpc) is 2.17. The van der Waals surface area contributed by atoms with Gasteiger partial charge in [0.2, 0.25) is 5.91 Å². The molecule has 1 amide bonds. The molecule has 0 aromatic carbocycles. The second-order valence-corrected chi connectivity index (χ2v) is 3.00. The van der Waals surface area contributed by atoms with Crippen molar-refractivity contribution in [3.63, 3.8) is 0 Å². The Hall–Kier alpha value is -1.24. The molecule has 0 aliphatic carbocycles. The number of hydrogen-bond donors (Lipinski definition) is 1. The van der Waals surface area contributed by atoms with Crippen molar-refractivity contribution in [2.24, 2.45) is 5.92 Å². The first-order chi connectivity index (χ1) is 5.77. The number of hydrogen-bond acceptors (Lipinski definition) is 3. The number of piperidine rings is 1. The Balaban J connectivity index is 2.47. The standard InChI is InChI=1S/C8H13N3O/c1-10-8(12)7-3-2-4-11(5-7)6-9/h7H,2-5H2,1H3,(H,10,12). The summed E-state index contributed by atoms with van der Waals surface area (Å²) in [6.07, 6.45) is 3.90. The van der Waals surface area contributed by atoms with E-state index in [1.165, 1.54) is 0 Å². The van der Waals surface area contributed by atoms with Crippen LogP contribution < -0.4 is 5.32 Å². The van der Waals surface area contributed by atoms with Crippen LogP contribution in [-0.4, -0.2) is 30.9 Å². The Morgan fingerprint density at radius 1 is 1.75 bits per heavy atom. The fourth-order valence-electron chi connectivity index (χ4n) is 1.49. The van der Waals surface area contributed by atoms with Gasteiger partial charge in [0.05, 0.1) is 5.92 Å². The van der Waals surface area contributed by atoms with Gasteiger partial charge in [-0.1, -0.05) is 0 Å². The van der Waals surface area contributed by atoms with Crippen molar-refractivity contribution in [2.75, 3.05) is 20.1 Å². The minimum Gasteiger partial charge on any atom is -0.359 e. The summed E-state index contributed by atoms with van der Waals surface area (Å²) in [7, 11) is 1.63. The lowest BCUT2D eigenvalue weighted by atomic mass is 9.98. The van der Waals surface area contributed by atoms with Gasteiger partial charge in [-0.3, -0.25) is 4.79 Å². The lowest BCUT2D eigenvalue weighted by molar-refractivity contribution is -0.125. The van der Waals surface area contributed by atoms with Gasteiger partial charge in [-0.25, -0.2) is 0 Å². The van der Waals surface area contributed by atoms with E-state index in [9.17, 15) is 4.79 Å². The summed E-state index contributed by atoms with van der Waals surface area (Å²) in [5.41, 5.74) is 0. The van der Waals surface area contributed by atoms with Gasteiger partial charge in [0.15, 0.2) is 6.19 Å². The largest absolute Gasteiger partial charge is 0.359 e. The second-order valence-electron chi connectivity index (χ2n) is 3.00. The lowest BCUT2D eigenvalue weighted by Crippen LogP contribution is -2.39. The van der Waals surface area contributed by atoms with E-state index in [-0.39, 0.29) is 11.8 Å². The molecular weight excluding hydrogens is 154 g/mol. The highest BCUT2D eigenvalue weighted by Crippen LogP contribution is 2.15. The molecule has 4 nitrogen and oxygen atoms in total. The van der Waals surface area contributed by atoms with E-state index in [2.05, 4.69) is 11.5 Å². The van der Waals surface area contributed by atoms with Gasteiger partial charge in [-0.05, 0) is 12.8 Å². The van der Waals surface area contributed by atoms with Crippen molar-refractivity contribution in [1.82, 2.24) is 10.2 Å². The number of carbonyl (C=O) groups excluding carboxylic acids is 1. The summed E-state index contributed by atoms with van der Waals surface area (Å²) in [5.74, 6) is 0.0540. The summed E-state index contributed by atoms with van der Waals surface area (Å²) in [6, 6.07) is 0. The third kappa shape index (κ3) is 1.88. The first-order valence-electron chi connectivity index (χ1n) is 4.14. The van der Waals surface area contributed by atoms with Crippen LogP contribution in [0.4, 0.5) is 0 Å². The van der Waals surface area contributed by atoms with Gasteiger partial charge in [-0.2, -0.15) is 5.26 Å². The average molecular weight is 167 g/mol. The first kappa shape index (κ1) is 8.85. The van der Waals surface area contributed by atoms with Crippen LogP contribution in [0.3, 0.4) is 0 Å². The van der Waals surface area contributed by atoms with E-state index < -0.39 is 0 Å². The molecule has 1 rings (SSSR count). The molecule has 0 aromatic heterocycles. The van der Waals surface area contributed by atoms with Gasteiger partial charge in [-0.15, -0.1) is 0 Å². The molecule has 4 heteroatoms. The number of nitrogens with zero attached hydrogens (tertiary/aromatic N) is 2. The molecular formula is C8H13N3O. The van der Waals surface area contributed by atoms with Crippen LogP contribution >= 0.6 is 0 Å². The molecule has 66 valence electrons. The highest BCUT2D eigenvalue weighted by molar-refractivity contribution is 5.78. The van der Waals surface area contributed by atoms with Crippen LogP contribution in [0, 0.1) is 17.4 Å². The molecule has 0 spiro atoms. The maximum atomic E-state index is 11.2. The van der Waals surface area contributed by atoms with E-state index in [0.29, 0.717) is 6.54 Å². The van der Waals surface area contributed by atoms with Crippen LogP contribution in [0.1, 0.15) is 12.8 Å². The molecule has 1 saturated heterocycles. The fraction of sp³-hybridized carbons (Fsp3) is 0.750. The van der Waals surface area contributed by atoms with Crippen LogP contribution in [0.25, 0.3) is 0 Å². The molecule has 0 radical (unpaired) electrons. The zero-order valence-electron chi connectivity index (χ0n) is 7.21. The molecule has 1 atom stereocenters. The van der Waals surface area contributed by atoms with E-state index in [4.69, 9.17) is 5.26 Å². The Labute approximate surface area is 72.2 Å². The Morgan fingerprint density at radius 2 is 2.50 bits per heavy atom. The molecule has 1 heterocycles. The fourth-order valence-corrected chi connectivity index (χ4v) is 1.49. The lowest BCUT2D eigenvalue weighted by Gasteiger charge is -2.27. The molecule has 0 saturated carbocycles. The van der Waals surface area contributed by atoms with Gasteiger partial charge in [0.1, 0.15) is 0 Å². The monoisotopic (exact) mass is 167 g/mol. The summed E-state index contributed by atoms with van der Waals surface area (Å²) < 4.78 is 0. The number of carbonyl (C=O) groups is 1. The van der Waals surface area contributed by atoms with Crippen molar-refractivity contribution in [2.45, 2.75) is 12.8 Å². The highest BCUT2D eigenvalue weighted by Gasteiger charge is 2.23. The smallest absolute Gasteiger partial charge is 0.224 e. The van der Waals surface area contributed by atoms with Crippen LogP contribution in [0.2, 0.25) is 0 Å². The van der Waals surface area contributed by atoms with E-state index in [0.717, 1.165) is 19.4 Å². The number of nitrogens with one attached hydrogen (secondary N) is 1. The Bertz CT molecular complexity index is 209. The maximum absolute atomic E-state index is 11.2. The van der Waals surface area contributed by atoms with Crippen molar-refractivity contribution in [3.05, 3.63) is 0 Å². The van der Waals surface area contributed by atoms with E-state index in [1.54, 1.807) is 11.9 Å². The molecule has 1 aliphatic rings. The third-order valence-corrected chi connectivity index (χ3v) is 2.18. The first-order valence-corrected chi connectivity index (χ1v) is 4.14. The van der Waals surface area contributed by atoms with E-state index >= 15 is 0 Å². The third-order valence-electron chi connectivity index (χ3n) is 2.18. The number of amides is 1. The molecule has 12 heavy (non-hydrogen) atoms. The molecule has 1 fully saturated rings. The SMILES string of the molecule is CNC(=O)C1CCCN(C#N)C1. The van der Waals surface area contributed by atoms with Crippen molar-refractivity contribution >= 4 is 5.91 Å². The summed E-state index contributed by atoms with van der Waals surface area (Å²) in [5, 5.41) is 11.2. The summed E-state index contributed by atoms with van der Waals surface area (Å²) in [4.78, 5) is 12.8. The van der Waals surface area contributed by atoms with Gasteiger partial charge < -0.3 is 10.2 Å². The minimum absolute atomic E-state index is 0.00315. The van der Waals surface area contributed by atoms with Crippen molar-refractivity contribution in [1.29, 1.82) is 5.26 Å². The quantitative estimate of drug-likeness (QED) is 0.556. The predicted molar refractivity (Wildman–Crippen MR) is 44.0 cm³/mol. The van der Waals surface area contributed by atoms with Gasteiger partial charge in [0, 0.05) is 20.1 Å². The normalized spacial score (nSPS) is 23.0. The zero-order valence-corrected chi connectivity index (χ0v) is 7.21. The number of rotatable bonds is 1. The minimum atomic E-state index is 0.00315. The predicted octanol–water partition coefficient (Wildman–Crippen LogP) is -0.0745. The summed E-state index contributed by atoms with van der Waals surface area (Å²) in [6.45, 7) is 1.38. The topological polar surface area (TPSA) is 56.1 Å². The van der Waals surface area contributed by atoms with Crippen LogP contribution in [-0.2, 0) is 4.79 Å². The zero-order chi connectivity index (χ0) is 8.97. The number of nitriles is 1. The summed E-state index contributed by atoms with van der Waals surface area (Å²) >= 11 is 0. The maximum Gasteiger partial charge on any atom is 0.224 e. The molecule has 1 aliphatic heterocycles. The Morgan fingerprint density at radius 3 is 3.08 bits per heavy atom. The van der Waals surface area contributed by atoms with Gasteiger partial charge in [0.25, 0.3) is 0 Å². The van der Waals surface area contributed by atoms with Gasteiger partial charge >= 0.3 is 0 Å². The highest BCUT2D eigenvalue weighted by atomic mass is 16.1. The molecule has 0 bridgehead atoms. The van der Waals surface area contributed by atoms with Crippen LogP contribution in [0.5, 0.6) is 0 Å². The molecule has 0 aromatic rings. The Kier molecular flexibility index (Phi) is 2.92.